The summed E-state index contributed by atoms with van der Waals surface area (Å²) in [4.78, 5) is 5.51. The minimum Gasteiger partial charge on any atom is -0.0618 e. The van der Waals surface area contributed by atoms with Gasteiger partial charge in [0.15, 0.2) is 0 Å². The molecule has 0 unspecified atom stereocenters. The van der Waals surface area contributed by atoms with E-state index in [9.17, 15) is 0 Å². The highest BCUT2D eigenvalue weighted by atomic mass is 15.1. The summed E-state index contributed by atoms with van der Waals surface area (Å²) in [6, 6.07) is 14.3. The second kappa shape index (κ2) is 5.41. The Balaban J connectivity index is 2.48. The maximum atomic E-state index is 8.51. The largest absolute Gasteiger partial charge is 0.0618 e. The van der Waals surface area contributed by atoms with Crippen molar-refractivity contribution in [1.82, 2.24) is 0 Å². The lowest BCUT2D eigenvalue weighted by molar-refractivity contribution is 1.45. The van der Waals surface area contributed by atoms with Crippen LogP contribution in [0.2, 0.25) is 0 Å². The first-order chi connectivity index (χ1) is 8.85. The van der Waals surface area contributed by atoms with Crippen molar-refractivity contribution >= 4 is 11.4 Å². The normalized spacial score (nSPS) is 9.11. The molecule has 0 aromatic heterocycles. The Morgan fingerprint density at radius 2 is 1.44 bits per heavy atom. The zero-order valence-corrected chi connectivity index (χ0v) is 9.30. The summed E-state index contributed by atoms with van der Waals surface area (Å²) in [6.07, 6.45) is 0. The molecule has 18 heavy (non-hydrogen) atoms. The first-order valence-electron chi connectivity index (χ1n) is 5.15. The van der Waals surface area contributed by atoms with Gasteiger partial charge in [-0.25, -0.2) is 0 Å². The Bertz CT molecular complexity index is 649. The van der Waals surface area contributed by atoms with E-state index in [1.165, 1.54) is 0 Å². The molecule has 0 fully saturated rings. The van der Waals surface area contributed by atoms with E-state index in [0.717, 1.165) is 11.1 Å². The quantitative estimate of drug-likeness (QED) is 0.395. The van der Waals surface area contributed by atoms with Gasteiger partial charge < -0.3 is 0 Å². The van der Waals surface area contributed by atoms with Crippen molar-refractivity contribution in [3.05, 3.63) is 69.4 Å². The van der Waals surface area contributed by atoms with E-state index in [0.29, 0.717) is 11.4 Å². The highest BCUT2D eigenvalue weighted by Gasteiger charge is 2.02. The van der Waals surface area contributed by atoms with E-state index in [2.05, 4.69) is 20.1 Å². The second-order valence-electron chi connectivity index (χ2n) is 3.44. The van der Waals surface area contributed by atoms with Crippen LogP contribution in [0.5, 0.6) is 0 Å². The molecule has 0 saturated carbocycles. The molecule has 0 saturated heterocycles. The summed E-state index contributed by atoms with van der Waals surface area (Å²) in [5.41, 5.74) is 19.7. The summed E-state index contributed by atoms with van der Waals surface area (Å²) in [5.74, 6) is 0. The average molecular weight is 236 g/mol. The van der Waals surface area contributed by atoms with Crippen molar-refractivity contribution < 1.29 is 0 Å². The highest BCUT2D eigenvalue weighted by molar-refractivity contribution is 5.76. The third kappa shape index (κ3) is 2.41. The molecule has 0 heterocycles. The number of benzene rings is 2. The first kappa shape index (κ1) is 11.5. The van der Waals surface area contributed by atoms with E-state index >= 15 is 0 Å². The van der Waals surface area contributed by atoms with Crippen molar-refractivity contribution in [1.29, 1.82) is 0 Å². The van der Waals surface area contributed by atoms with Gasteiger partial charge in [0.25, 0.3) is 0 Å². The van der Waals surface area contributed by atoms with Crippen LogP contribution in [0.4, 0.5) is 11.4 Å². The van der Waals surface area contributed by atoms with Gasteiger partial charge in [0.2, 0.25) is 0 Å². The summed E-state index contributed by atoms with van der Waals surface area (Å²) in [7, 11) is 0. The van der Waals surface area contributed by atoms with Crippen molar-refractivity contribution in [3.8, 4) is 11.1 Å². The van der Waals surface area contributed by atoms with Gasteiger partial charge in [-0.15, -0.1) is 0 Å². The SMILES string of the molecule is [N-]=[N+]=Nc1ccc(-c2ccccc2N=[N+]=[N-])cc1. The zero-order chi connectivity index (χ0) is 12.8. The lowest BCUT2D eigenvalue weighted by Gasteiger charge is -2.05. The van der Waals surface area contributed by atoms with Gasteiger partial charge in [0.05, 0.1) is 0 Å². The van der Waals surface area contributed by atoms with Gasteiger partial charge in [-0.05, 0) is 22.2 Å². The molecule has 0 radical (unpaired) electrons. The first-order valence-corrected chi connectivity index (χ1v) is 5.15. The molecule has 86 valence electrons. The molecule has 0 aliphatic carbocycles. The zero-order valence-electron chi connectivity index (χ0n) is 9.30. The van der Waals surface area contributed by atoms with E-state index in [1.807, 2.05) is 30.3 Å². The fourth-order valence-corrected chi connectivity index (χ4v) is 1.61. The molecule has 6 nitrogen and oxygen atoms in total. The van der Waals surface area contributed by atoms with Crippen LogP contribution in [0.3, 0.4) is 0 Å². The van der Waals surface area contributed by atoms with Gasteiger partial charge in [0, 0.05) is 21.2 Å². The van der Waals surface area contributed by atoms with Crippen molar-refractivity contribution in [2.24, 2.45) is 10.2 Å². The Labute approximate surface area is 103 Å². The number of hydrogen-bond donors (Lipinski definition) is 0. The van der Waals surface area contributed by atoms with E-state index in [1.54, 1.807) is 18.2 Å². The maximum Gasteiger partial charge on any atom is 0.0453 e. The number of azide groups is 2. The minimum atomic E-state index is 0.544. The molecule has 0 aliphatic heterocycles. The van der Waals surface area contributed by atoms with E-state index in [4.69, 9.17) is 11.1 Å². The molecule has 6 heteroatoms. The van der Waals surface area contributed by atoms with Gasteiger partial charge in [-0.1, -0.05) is 58.8 Å². The number of hydrogen-bond acceptors (Lipinski definition) is 2. The van der Waals surface area contributed by atoms with Crippen LogP contribution in [-0.2, 0) is 0 Å². The van der Waals surface area contributed by atoms with Gasteiger partial charge in [-0.3, -0.25) is 0 Å². The van der Waals surface area contributed by atoms with Crippen molar-refractivity contribution in [3.63, 3.8) is 0 Å². The smallest absolute Gasteiger partial charge is 0.0453 e. The predicted molar refractivity (Wildman–Crippen MR) is 69.5 cm³/mol. The van der Waals surface area contributed by atoms with Crippen LogP contribution in [0.15, 0.2) is 58.8 Å². The predicted octanol–water partition coefficient (Wildman–Crippen LogP) is 5.24. The Hall–Kier alpha value is -2.94. The lowest BCUT2D eigenvalue weighted by Crippen LogP contribution is -1.77. The monoisotopic (exact) mass is 236 g/mol. The fourth-order valence-electron chi connectivity index (χ4n) is 1.61. The second-order valence-corrected chi connectivity index (χ2v) is 3.44. The average Bonchev–Trinajstić information content (AvgIpc) is 2.41. The molecule has 0 amide bonds. The standard InChI is InChI=1S/C12H8N6/c13-17-15-10-7-5-9(6-8-10)11-3-1-2-4-12(11)16-18-14/h1-8H. The van der Waals surface area contributed by atoms with E-state index in [-0.39, 0.29) is 0 Å². The summed E-state index contributed by atoms with van der Waals surface area (Å²) < 4.78 is 0. The molecule has 0 aliphatic rings. The Kier molecular flexibility index (Phi) is 3.47. The number of rotatable bonds is 3. The molecular weight excluding hydrogens is 228 g/mol. The highest BCUT2D eigenvalue weighted by Crippen LogP contribution is 2.31. The van der Waals surface area contributed by atoms with Gasteiger partial charge >= 0.3 is 0 Å². The number of nitrogens with zero attached hydrogens (tertiary/aromatic N) is 6. The van der Waals surface area contributed by atoms with Gasteiger partial charge in [-0.2, -0.15) is 0 Å². The van der Waals surface area contributed by atoms with Crippen LogP contribution < -0.4 is 0 Å². The molecule has 0 atom stereocenters. The van der Waals surface area contributed by atoms with Crippen LogP contribution >= 0.6 is 0 Å². The summed E-state index contributed by atoms with van der Waals surface area (Å²) in [6.45, 7) is 0. The Morgan fingerprint density at radius 3 is 2.11 bits per heavy atom. The minimum absolute atomic E-state index is 0.544. The van der Waals surface area contributed by atoms with Gasteiger partial charge in [0.1, 0.15) is 0 Å². The fraction of sp³-hybridized carbons (Fsp3) is 0. The molecular formula is C12H8N6. The third-order valence-electron chi connectivity index (χ3n) is 2.40. The van der Waals surface area contributed by atoms with Crippen molar-refractivity contribution in [2.45, 2.75) is 0 Å². The maximum absolute atomic E-state index is 8.51. The molecule has 0 N–H and O–H groups in total. The van der Waals surface area contributed by atoms with Crippen LogP contribution in [0.25, 0.3) is 32.0 Å². The van der Waals surface area contributed by atoms with E-state index < -0.39 is 0 Å². The summed E-state index contributed by atoms with van der Waals surface area (Å²) in [5, 5.41) is 7.14. The van der Waals surface area contributed by atoms with Crippen LogP contribution in [0, 0.1) is 0 Å². The van der Waals surface area contributed by atoms with Crippen LogP contribution in [-0.4, -0.2) is 0 Å². The van der Waals surface area contributed by atoms with Crippen LogP contribution in [0.1, 0.15) is 0 Å². The third-order valence-corrected chi connectivity index (χ3v) is 2.40. The Morgan fingerprint density at radius 1 is 0.778 bits per heavy atom. The molecule has 2 rings (SSSR count). The lowest BCUT2D eigenvalue weighted by atomic mass is 10.0. The topological polar surface area (TPSA) is 97.5 Å². The molecule has 0 bridgehead atoms. The summed E-state index contributed by atoms with van der Waals surface area (Å²) >= 11 is 0. The molecule has 0 spiro atoms. The molecule has 2 aromatic carbocycles. The van der Waals surface area contributed by atoms with Crippen molar-refractivity contribution in [2.75, 3.05) is 0 Å². The molecule has 2 aromatic rings.